The number of sulfonamides is 1. The molecule has 0 bridgehead atoms. The second-order valence-corrected chi connectivity index (χ2v) is 8.47. The first-order valence-corrected chi connectivity index (χ1v) is 9.83. The highest BCUT2D eigenvalue weighted by Gasteiger charge is 2.32. The molecule has 0 spiro atoms. The summed E-state index contributed by atoms with van der Waals surface area (Å²) in [6.07, 6.45) is 1.99. The molecule has 0 aliphatic carbocycles. The number of pyridine rings is 1. The van der Waals surface area contributed by atoms with Gasteiger partial charge in [-0.2, -0.15) is 4.31 Å². The minimum Gasteiger partial charge on any atom is -0.473 e. The summed E-state index contributed by atoms with van der Waals surface area (Å²) in [6.45, 7) is 0.661. The Balaban J connectivity index is 1.62. The van der Waals surface area contributed by atoms with E-state index in [1.165, 1.54) is 22.5 Å². The minimum atomic E-state index is -3.50. The van der Waals surface area contributed by atoms with Crippen LogP contribution < -0.4 is 4.74 Å². The number of halogens is 2. The summed E-state index contributed by atoms with van der Waals surface area (Å²) in [5, 5.41) is 0. The number of benzene rings is 1. The first-order valence-electron chi connectivity index (χ1n) is 7.43. The number of rotatable bonds is 5. The van der Waals surface area contributed by atoms with Gasteiger partial charge >= 0.3 is 0 Å². The van der Waals surface area contributed by atoms with Gasteiger partial charge in [0.05, 0.1) is 12.3 Å². The average molecular weight is 415 g/mol. The maximum atomic E-state index is 13.2. The number of hydrogen-bond donors (Lipinski definition) is 0. The molecule has 8 heteroatoms. The molecule has 1 aromatic heterocycles. The average Bonchev–Trinajstić information content (AvgIpc) is 2.99. The summed E-state index contributed by atoms with van der Waals surface area (Å²) in [5.41, 5.74) is 0.439. The van der Waals surface area contributed by atoms with Crippen LogP contribution in [-0.4, -0.2) is 36.9 Å². The van der Waals surface area contributed by atoms with Crippen molar-refractivity contribution in [1.29, 1.82) is 0 Å². The lowest BCUT2D eigenvalue weighted by atomic mass is 10.2. The maximum absolute atomic E-state index is 13.2. The molecule has 1 aliphatic heterocycles. The van der Waals surface area contributed by atoms with Crippen LogP contribution in [-0.2, 0) is 15.8 Å². The number of hydrogen-bond acceptors (Lipinski definition) is 4. The molecule has 1 aliphatic rings. The van der Waals surface area contributed by atoms with E-state index in [2.05, 4.69) is 20.9 Å². The van der Waals surface area contributed by atoms with Crippen molar-refractivity contribution in [2.24, 2.45) is 0 Å². The lowest BCUT2D eigenvalue weighted by molar-refractivity contribution is 0.207. The van der Waals surface area contributed by atoms with E-state index in [1.807, 2.05) is 6.07 Å². The van der Waals surface area contributed by atoms with Crippen LogP contribution in [0.2, 0.25) is 0 Å². The van der Waals surface area contributed by atoms with Crippen molar-refractivity contribution in [2.45, 2.75) is 18.3 Å². The Bertz CT molecular complexity index is 814. The zero-order valence-corrected chi connectivity index (χ0v) is 15.1. The minimum absolute atomic E-state index is 0.214. The van der Waals surface area contributed by atoms with E-state index in [1.54, 1.807) is 18.3 Å². The first-order chi connectivity index (χ1) is 11.4. The van der Waals surface area contributed by atoms with E-state index < -0.39 is 15.8 Å². The van der Waals surface area contributed by atoms with Gasteiger partial charge in [-0.15, -0.1) is 0 Å². The Kier molecular flexibility index (Phi) is 5.17. The zero-order chi connectivity index (χ0) is 17.2. The Labute approximate surface area is 148 Å². The molecule has 0 saturated carbocycles. The maximum Gasteiger partial charge on any atom is 0.218 e. The zero-order valence-electron chi connectivity index (χ0n) is 12.7. The van der Waals surface area contributed by atoms with Gasteiger partial charge in [0.25, 0.3) is 0 Å². The Morgan fingerprint density at radius 2 is 2.17 bits per heavy atom. The van der Waals surface area contributed by atoms with E-state index in [-0.39, 0.29) is 18.4 Å². The van der Waals surface area contributed by atoms with Gasteiger partial charge in [-0.3, -0.25) is 0 Å². The van der Waals surface area contributed by atoms with Crippen LogP contribution in [0.1, 0.15) is 12.0 Å². The molecule has 1 unspecified atom stereocenters. The molecule has 2 aromatic rings. The molecular formula is C16H16BrFN2O3S. The topological polar surface area (TPSA) is 59.5 Å². The lowest BCUT2D eigenvalue weighted by Gasteiger charge is -2.17. The molecule has 1 saturated heterocycles. The molecule has 1 aromatic carbocycles. The fraction of sp³-hybridized carbons (Fsp3) is 0.312. The van der Waals surface area contributed by atoms with Crippen LogP contribution in [0.4, 0.5) is 4.39 Å². The number of nitrogens with zero attached hydrogens (tertiary/aromatic N) is 2. The molecule has 2 heterocycles. The fourth-order valence-electron chi connectivity index (χ4n) is 2.58. The van der Waals surface area contributed by atoms with Crippen molar-refractivity contribution >= 4 is 26.0 Å². The molecule has 5 nitrogen and oxygen atoms in total. The van der Waals surface area contributed by atoms with Crippen molar-refractivity contribution in [3.8, 4) is 5.88 Å². The third-order valence-electron chi connectivity index (χ3n) is 3.73. The Morgan fingerprint density at radius 3 is 2.88 bits per heavy atom. The normalized spacial score (nSPS) is 18.7. The standard InChI is InChI=1S/C16H16BrFN2O3S/c17-13-4-5-16(19-9-13)23-15-6-7-20(10-15)24(21,22)11-12-2-1-3-14(18)8-12/h1-5,8-9,15H,6-7,10-11H2. The second kappa shape index (κ2) is 7.16. The molecule has 1 atom stereocenters. The summed E-state index contributed by atoms with van der Waals surface area (Å²) in [4.78, 5) is 4.13. The van der Waals surface area contributed by atoms with Crippen LogP contribution >= 0.6 is 15.9 Å². The van der Waals surface area contributed by atoms with Crippen molar-refractivity contribution in [2.75, 3.05) is 13.1 Å². The molecule has 0 N–H and O–H groups in total. The van der Waals surface area contributed by atoms with E-state index in [0.29, 0.717) is 24.4 Å². The second-order valence-electron chi connectivity index (χ2n) is 5.59. The van der Waals surface area contributed by atoms with Crippen molar-refractivity contribution in [3.05, 3.63) is 58.4 Å². The number of ether oxygens (including phenoxy) is 1. The highest BCUT2D eigenvalue weighted by atomic mass is 79.9. The summed E-state index contributed by atoms with van der Waals surface area (Å²) in [7, 11) is -3.50. The molecule has 1 fully saturated rings. The SMILES string of the molecule is O=S(=O)(Cc1cccc(F)c1)N1CCC(Oc2ccc(Br)cn2)C1. The molecule has 0 radical (unpaired) electrons. The third-order valence-corrected chi connectivity index (χ3v) is 6.01. The Morgan fingerprint density at radius 1 is 1.33 bits per heavy atom. The molecule has 3 rings (SSSR count). The summed E-state index contributed by atoms with van der Waals surface area (Å²) in [6, 6.07) is 9.20. The monoisotopic (exact) mass is 414 g/mol. The van der Waals surface area contributed by atoms with Gasteiger partial charge in [-0.05, 0) is 46.1 Å². The predicted molar refractivity (Wildman–Crippen MR) is 91.6 cm³/mol. The van der Waals surface area contributed by atoms with Gasteiger partial charge < -0.3 is 4.74 Å². The predicted octanol–water partition coefficient (Wildman–Crippen LogP) is 2.97. The van der Waals surface area contributed by atoms with E-state index in [9.17, 15) is 12.8 Å². The third kappa shape index (κ3) is 4.31. The highest BCUT2D eigenvalue weighted by molar-refractivity contribution is 9.10. The van der Waals surface area contributed by atoms with Crippen molar-refractivity contribution in [1.82, 2.24) is 9.29 Å². The van der Waals surface area contributed by atoms with E-state index in [0.717, 1.165) is 4.47 Å². The van der Waals surface area contributed by atoms with Gasteiger partial charge in [0.15, 0.2) is 0 Å². The number of aromatic nitrogens is 1. The fourth-order valence-corrected chi connectivity index (χ4v) is 4.37. The highest BCUT2D eigenvalue weighted by Crippen LogP contribution is 2.22. The lowest BCUT2D eigenvalue weighted by Crippen LogP contribution is -2.32. The van der Waals surface area contributed by atoms with Crippen LogP contribution in [0, 0.1) is 5.82 Å². The quantitative estimate of drug-likeness (QED) is 0.754. The van der Waals surface area contributed by atoms with Gasteiger partial charge in [-0.25, -0.2) is 17.8 Å². The van der Waals surface area contributed by atoms with Gasteiger partial charge in [0, 0.05) is 23.3 Å². The smallest absolute Gasteiger partial charge is 0.218 e. The van der Waals surface area contributed by atoms with Crippen molar-refractivity contribution < 1.29 is 17.5 Å². The largest absolute Gasteiger partial charge is 0.473 e. The van der Waals surface area contributed by atoms with Crippen LogP contribution in [0.15, 0.2) is 47.1 Å². The van der Waals surface area contributed by atoms with Crippen LogP contribution in [0.3, 0.4) is 0 Å². The molecule has 0 amide bonds. The first kappa shape index (κ1) is 17.3. The van der Waals surface area contributed by atoms with Gasteiger partial charge in [0.2, 0.25) is 15.9 Å². The van der Waals surface area contributed by atoms with Crippen molar-refractivity contribution in [3.63, 3.8) is 0 Å². The Hall–Kier alpha value is -1.51. The molecular weight excluding hydrogens is 399 g/mol. The van der Waals surface area contributed by atoms with E-state index in [4.69, 9.17) is 4.74 Å². The molecule has 128 valence electrons. The van der Waals surface area contributed by atoms with Crippen LogP contribution in [0.25, 0.3) is 0 Å². The van der Waals surface area contributed by atoms with Crippen LogP contribution in [0.5, 0.6) is 5.88 Å². The van der Waals surface area contributed by atoms with E-state index >= 15 is 0 Å². The molecule has 24 heavy (non-hydrogen) atoms. The van der Waals surface area contributed by atoms with Gasteiger partial charge in [0.1, 0.15) is 11.9 Å². The van der Waals surface area contributed by atoms with Gasteiger partial charge in [-0.1, -0.05) is 12.1 Å². The summed E-state index contributed by atoms with van der Waals surface area (Å²) in [5.74, 6) is -0.187. The summed E-state index contributed by atoms with van der Waals surface area (Å²) < 4.78 is 46.1. The summed E-state index contributed by atoms with van der Waals surface area (Å²) >= 11 is 3.30.